The van der Waals surface area contributed by atoms with Crippen molar-refractivity contribution in [1.82, 2.24) is 5.32 Å². The van der Waals surface area contributed by atoms with E-state index in [0.717, 1.165) is 0 Å². The van der Waals surface area contributed by atoms with E-state index in [1.165, 1.54) is 0 Å². The summed E-state index contributed by atoms with van der Waals surface area (Å²) >= 11 is 0. The number of amides is 1. The van der Waals surface area contributed by atoms with Gasteiger partial charge in [0, 0.05) is 13.0 Å². The van der Waals surface area contributed by atoms with E-state index in [-0.39, 0.29) is 11.9 Å². The molecular weight excluding hydrogens is 222 g/mol. The zero-order valence-corrected chi connectivity index (χ0v) is 11.3. The van der Waals surface area contributed by atoms with Crippen molar-refractivity contribution in [3.8, 4) is 0 Å². The number of alkyl carbamates (subject to hydrolysis) is 1. The molecule has 5 heteroatoms. The molecule has 0 spiro atoms. The summed E-state index contributed by atoms with van der Waals surface area (Å²) in [7, 11) is 0. The minimum absolute atomic E-state index is 0.0292. The van der Waals surface area contributed by atoms with Gasteiger partial charge in [0.05, 0.1) is 6.61 Å². The Bertz CT molecular complexity index is 258. The van der Waals surface area contributed by atoms with Crippen molar-refractivity contribution in [2.24, 2.45) is 5.92 Å². The van der Waals surface area contributed by atoms with Crippen LogP contribution in [0.1, 0.15) is 41.0 Å². The Morgan fingerprint density at radius 3 is 2.35 bits per heavy atom. The van der Waals surface area contributed by atoms with Crippen molar-refractivity contribution in [2.75, 3.05) is 13.2 Å². The van der Waals surface area contributed by atoms with Gasteiger partial charge in [0.15, 0.2) is 0 Å². The van der Waals surface area contributed by atoms with E-state index >= 15 is 0 Å². The predicted molar refractivity (Wildman–Crippen MR) is 64.7 cm³/mol. The maximum Gasteiger partial charge on any atom is 0.407 e. The number of ether oxygens (including phenoxy) is 2. The van der Waals surface area contributed by atoms with Gasteiger partial charge in [-0.2, -0.15) is 0 Å². The molecule has 0 rings (SSSR count). The van der Waals surface area contributed by atoms with E-state index in [4.69, 9.17) is 9.47 Å². The van der Waals surface area contributed by atoms with Crippen LogP contribution in [0.25, 0.3) is 0 Å². The van der Waals surface area contributed by atoms with Crippen LogP contribution in [-0.4, -0.2) is 30.8 Å². The van der Waals surface area contributed by atoms with Crippen LogP contribution in [-0.2, 0) is 14.3 Å². The first-order valence-corrected chi connectivity index (χ1v) is 5.87. The molecule has 0 aliphatic carbocycles. The second kappa shape index (κ2) is 7.14. The molecule has 17 heavy (non-hydrogen) atoms. The third-order valence-corrected chi connectivity index (χ3v) is 1.81. The molecule has 1 amide bonds. The summed E-state index contributed by atoms with van der Waals surface area (Å²) in [6, 6.07) is 0. The summed E-state index contributed by atoms with van der Waals surface area (Å²) in [5.41, 5.74) is -0.505. The number of hydrogen-bond donors (Lipinski definition) is 1. The van der Waals surface area contributed by atoms with Crippen LogP contribution in [0.15, 0.2) is 0 Å². The Hall–Kier alpha value is -1.26. The molecule has 0 heterocycles. The fraction of sp³-hybridized carbons (Fsp3) is 0.833. The third kappa shape index (κ3) is 9.66. The van der Waals surface area contributed by atoms with Gasteiger partial charge >= 0.3 is 12.1 Å². The van der Waals surface area contributed by atoms with Crippen LogP contribution < -0.4 is 5.32 Å². The largest absolute Gasteiger partial charge is 0.466 e. The first kappa shape index (κ1) is 15.7. The Balaban J connectivity index is 3.80. The summed E-state index contributed by atoms with van der Waals surface area (Å²) in [5.74, 6) is -0.215. The van der Waals surface area contributed by atoms with Crippen molar-refractivity contribution in [3.05, 3.63) is 0 Å². The number of carbonyl (C=O) groups is 2. The molecule has 0 aromatic carbocycles. The average molecular weight is 245 g/mol. The normalized spacial score (nSPS) is 12.8. The van der Waals surface area contributed by atoms with Crippen molar-refractivity contribution in [2.45, 2.75) is 46.6 Å². The van der Waals surface area contributed by atoms with Gasteiger partial charge in [-0.1, -0.05) is 6.92 Å². The number of carbonyl (C=O) groups excluding carboxylic acids is 2. The van der Waals surface area contributed by atoms with Crippen molar-refractivity contribution < 1.29 is 19.1 Å². The fourth-order valence-electron chi connectivity index (χ4n) is 1.15. The summed E-state index contributed by atoms with van der Waals surface area (Å²) in [4.78, 5) is 22.5. The van der Waals surface area contributed by atoms with E-state index in [1.807, 2.05) is 6.92 Å². The van der Waals surface area contributed by atoms with Gasteiger partial charge in [0.2, 0.25) is 0 Å². The van der Waals surface area contributed by atoms with Crippen molar-refractivity contribution >= 4 is 12.1 Å². The Kier molecular flexibility index (Phi) is 6.61. The lowest BCUT2D eigenvalue weighted by Crippen LogP contribution is -2.35. The Morgan fingerprint density at radius 2 is 1.88 bits per heavy atom. The lowest BCUT2D eigenvalue weighted by molar-refractivity contribution is -0.144. The molecule has 0 aromatic heterocycles. The van der Waals surface area contributed by atoms with Crippen LogP contribution in [0.5, 0.6) is 0 Å². The Labute approximate surface area is 103 Å². The van der Waals surface area contributed by atoms with E-state index < -0.39 is 11.7 Å². The molecule has 0 radical (unpaired) electrons. The maximum absolute atomic E-state index is 11.3. The smallest absolute Gasteiger partial charge is 0.407 e. The number of hydrogen-bond acceptors (Lipinski definition) is 4. The minimum Gasteiger partial charge on any atom is -0.466 e. The van der Waals surface area contributed by atoms with Crippen LogP contribution in [0.4, 0.5) is 4.79 Å². The van der Waals surface area contributed by atoms with Gasteiger partial charge in [-0.15, -0.1) is 0 Å². The van der Waals surface area contributed by atoms with Crippen LogP contribution in [0.2, 0.25) is 0 Å². The van der Waals surface area contributed by atoms with Gasteiger partial charge in [0.25, 0.3) is 0 Å². The van der Waals surface area contributed by atoms with Crippen molar-refractivity contribution in [1.29, 1.82) is 0 Å². The van der Waals surface area contributed by atoms with Gasteiger partial charge in [-0.3, -0.25) is 4.79 Å². The summed E-state index contributed by atoms with van der Waals surface area (Å²) in [6.07, 6.45) is -0.169. The monoisotopic (exact) mass is 245 g/mol. The van der Waals surface area contributed by atoms with E-state index in [9.17, 15) is 9.59 Å². The standard InChI is InChI=1S/C12H23NO4/c1-6-16-10(14)7-9(2)8-13-11(15)17-12(3,4)5/h9H,6-8H2,1-5H3,(H,13,15). The maximum atomic E-state index is 11.3. The van der Waals surface area contributed by atoms with Crippen LogP contribution in [0, 0.1) is 5.92 Å². The molecule has 0 fully saturated rings. The van der Waals surface area contributed by atoms with E-state index in [2.05, 4.69) is 5.32 Å². The summed E-state index contributed by atoms with van der Waals surface area (Å²) in [6.45, 7) is 9.81. The molecule has 0 saturated heterocycles. The molecule has 0 aromatic rings. The highest BCUT2D eigenvalue weighted by Crippen LogP contribution is 2.07. The van der Waals surface area contributed by atoms with Crippen LogP contribution >= 0.6 is 0 Å². The lowest BCUT2D eigenvalue weighted by atomic mass is 10.1. The molecule has 1 atom stereocenters. The Morgan fingerprint density at radius 1 is 1.29 bits per heavy atom. The molecule has 100 valence electrons. The zero-order chi connectivity index (χ0) is 13.5. The lowest BCUT2D eigenvalue weighted by Gasteiger charge is -2.20. The fourth-order valence-corrected chi connectivity index (χ4v) is 1.15. The highest BCUT2D eigenvalue weighted by atomic mass is 16.6. The number of rotatable bonds is 5. The first-order valence-electron chi connectivity index (χ1n) is 5.87. The second-order valence-corrected chi connectivity index (χ2v) is 5.00. The molecule has 0 aliphatic rings. The SMILES string of the molecule is CCOC(=O)CC(C)CNC(=O)OC(C)(C)C. The number of esters is 1. The first-order chi connectivity index (χ1) is 7.74. The van der Waals surface area contributed by atoms with Gasteiger partial charge in [-0.25, -0.2) is 4.79 Å². The minimum atomic E-state index is -0.505. The zero-order valence-electron chi connectivity index (χ0n) is 11.3. The van der Waals surface area contributed by atoms with Gasteiger partial charge < -0.3 is 14.8 Å². The van der Waals surface area contributed by atoms with Gasteiger partial charge in [0.1, 0.15) is 5.60 Å². The number of nitrogens with one attached hydrogen (secondary N) is 1. The highest BCUT2D eigenvalue weighted by Gasteiger charge is 2.17. The summed E-state index contributed by atoms with van der Waals surface area (Å²) in [5, 5.41) is 2.62. The third-order valence-electron chi connectivity index (χ3n) is 1.81. The van der Waals surface area contributed by atoms with Crippen LogP contribution in [0.3, 0.4) is 0 Å². The second-order valence-electron chi connectivity index (χ2n) is 5.00. The molecule has 5 nitrogen and oxygen atoms in total. The van der Waals surface area contributed by atoms with E-state index in [1.54, 1.807) is 27.7 Å². The molecule has 1 N–H and O–H groups in total. The highest BCUT2D eigenvalue weighted by molar-refractivity contribution is 5.70. The molecule has 1 unspecified atom stereocenters. The van der Waals surface area contributed by atoms with E-state index in [0.29, 0.717) is 19.6 Å². The molecule has 0 bridgehead atoms. The molecule has 0 saturated carbocycles. The van der Waals surface area contributed by atoms with Gasteiger partial charge in [-0.05, 0) is 33.6 Å². The predicted octanol–water partition coefficient (Wildman–Crippen LogP) is 2.10. The quantitative estimate of drug-likeness (QED) is 0.753. The van der Waals surface area contributed by atoms with Crippen molar-refractivity contribution in [3.63, 3.8) is 0 Å². The topological polar surface area (TPSA) is 64.6 Å². The molecule has 0 aliphatic heterocycles. The molecular formula is C12H23NO4. The average Bonchev–Trinajstić information content (AvgIpc) is 2.12. The summed E-state index contributed by atoms with van der Waals surface area (Å²) < 4.78 is 9.89.